The van der Waals surface area contributed by atoms with Gasteiger partial charge in [-0.15, -0.1) is 11.6 Å². The molecule has 0 atom stereocenters. The molecule has 0 spiro atoms. The van der Waals surface area contributed by atoms with Gasteiger partial charge in [-0.2, -0.15) is 6.42 Å². The van der Waals surface area contributed by atoms with Crippen LogP contribution in [0, 0.1) is 12.3 Å². The zero-order valence-electron chi connectivity index (χ0n) is 8.77. The van der Waals surface area contributed by atoms with E-state index in [-0.39, 0.29) is 19.5 Å². The molecule has 0 fully saturated rings. The predicted octanol–water partition coefficient (Wildman–Crippen LogP) is 2.95. The number of aliphatic carboxylic acids is 1. The fourth-order valence-corrected chi connectivity index (χ4v) is 0.283. The summed E-state index contributed by atoms with van der Waals surface area (Å²) in [6.07, 6.45) is 2.01. The third-order valence-electron chi connectivity index (χ3n) is 1.03. The number of rotatable bonds is 2. The second-order valence-electron chi connectivity index (χ2n) is 3.45. The Bertz CT molecular complexity index is 119. The molecule has 0 aromatic heterocycles. The SMILES string of the molecule is CC(C)(C)C(=O)O.[CH2-]CCCCl.[Zn]. The third-order valence-corrected chi connectivity index (χ3v) is 1.29. The van der Waals surface area contributed by atoms with Crippen LogP contribution in [-0.2, 0) is 24.3 Å². The molecule has 76 valence electrons. The van der Waals surface area contributed by atoms with Crippen molar-refractivity contribution in [1.82, 2.24) is 0 Å². The number of carbonyl (C=O) groups is 1. The Labute approximate surface area is 98.8 Å². The van der Waals surface area contributed by atoms with E-state index in [2.05, 4.69) is 6.92 Å². The van der Waals surface area contributed by atoms with Crippen LogP contribution in [-0.4, -0.2) is 17.0 Å². The van der Waals surface area contributed by atoms with E-state index in [9.17, 15) is 4.79 Å². The number of alkyl halides is 1. The Morgan fingerprint density at radius 2 is 1.77 bits per heavy atom. The summed E-state index contributed by atoms with van der Waals surface area (Å²) in [5.74, 6) is -0.00347. The molecule has 0 amide bonds. The van der Waals surface area contributed by atoms with E-state index in [4.69, 9.17) is 16.7 Å². The van der Waals surface area contributed by atoms with Gasteiger partial charge in [-0.1, -0.05) is 6.42 Å². The second-order valence-corrected chi connectivity index (χ2v) is 3.83. The van der Waals surface area contributed by atoms with Gasteiger partial charge in [0.25, 0.3) is 0 Å². The molecule has 0 saturated heterocycles. The van der Waals surface area contributed by atoms with Crippen LogP contribution < -0.4 is 0 Å². The van der Waals surface area contributed by atoms with Gasteiger partial charge in [-0.3, -0.25) is 4.79 Å². The Morgan fingerprint density at radius 3 is 1.77 bits per heavy atom. The van der Waals surface area contributed by atoms with Crippen molar-refractivity contribution in [2.75, 3.05) is 5.88 Å². The van der Waals surface area contributed by atoms with Crippen LogP contribution in [0.15, 0.2) is 0 Å². The first-order valence-corrected chi connectivity index (χ1v) is 4.48. The molecule has 0 unspecified atom stereocenters. The van der Waals surface area contributed by atoms with Crippen molar-refractivity contribution in [3.63, 3.8) is 0 Å². The van der Waals surface area contributed by atoms with Gasteiger partial charge >= 0.3 is 5.97 Å². The van der Waals surface area contributed by atoms with E-state index < -0.39 is 11.4 Å². The van der Waals surface area contributed by atoms with E-state index >= 15 is 0 Å². The van der Waals surface area contributed by atoms with Gasteiger partial charge in [0.1, 0.15) is 0 Å². The molecule has 0 heterocycles. The van der Waals surface area contributed by atoms with Crippen LogP contribution in [0.1, 0.15) is 33.6 Å². The summed E-state index contributed by atoms with van der Waals surface area (Å²) in [4.78, 5) is 10.0. The number of hydrogen-bond acceptors (Lipinski definition) is 1. The molecular weight excluding hydrogens is 241 g/mol. The average Bonchev–Trinajstić information content (AvgIpc) is 1.88. The summed E-state index contributed by atoms with van der Waals surface area (Å²) < 4.78 is 0. The van der Waals surface area contributed by atoms with Crippen molar-refractivity contribution in [3.05, 3.63) is 6.92 Å². The van der Waals surface area contributed by atoms with Crippen LogP contribution >= 0.6 is 11.6 Å². The van der Waals surface area contributed by atoms with Crippen LogP contribution in [0.3, 0.4) is 0 Å². The summed E-state index contributed by atoms with van der Waals surface area (Å²) in [5.41, 5.74) is -0.583. The maximum absolute atomic E-state index is 10.0. The normalized spacial score (nSPS) is 9.31. The fraction of sp³-hybridized carbons (Fsp3) is 0.778. The molecule has 0 aliphatic carbocycles. The first-order valence-electron chi connectivity index (χ1n) is 3.94. The molecule has 0 radical (unpaired) electrons. The fourth-order valence-electron chi connectivity index (χ4n) is 0.0945. The Morgan fingerprint density at radius 1 is 1.46 bits per heavy atom. The van der Waals surface area contributed by atoms with Gasteiger partial charge in [0, 0.05) is 25.4 Å². The molecule has 0 aliphatic rings. The van der Waals surface area contributed by atoms with Crippen LogP contribution in [0.25, 0.3) is 0 Å². The Kier molecular flexibility index (Phi) is 15.3. The van der Waals surface area contributed by atoms with E-state index in [0.717, 1.165) is 18.7 Å². The molecule has 0 bridgehead atoms. The van der Waals surface area contributed by atoms with Gasteiger partial charge in [0.05, 0.1) is 5.41 Å². The van der Waals surface area contributed by atoms with Crippen LogP contribution in [0.5, 0.6) is 0 Å². The van der Waals surface area contributed by atoms with E-state index in [1.54, 1.807) is 20.8 Å². The molecule has 0 rings (SSSR count). The Hall–Kier alpha value is 0.383. The minimum absolute atomic E-state index is 0. The van der Waals surface area contributed by atoms with E-state index in [1.807, 2.05) is 0 Å². The molecule has 4 heteroatoms. The minimum atomic E-state index is -0.757. The molecule has 13 heavy (non-hydrogen) atoms. The van der Waals surface area contributed by atoms with Crippen molar-refractivity contribution in [3.8, 4) is 0 Å². The quantitative estimate of drug-likeness (QED) is 0.470. The first kappa shape index (κ1) is 19.0. The number of halogens is 1. The second kappa shape index (κ2) is 10.5. The van der Waals surface area contributed by atoms with Crippen LogP contribution in [0.4, 0.5) is 0 Å². The third kappa shape index (κ3) is 19.0. The number of carboxylic acid groups (broad SMARTS) is 1. The molecule has 0 aromatic carbocycles. The predicted molar refractivity (Wildman–Crippen MR) is 52.4 cm³/mol. The standard InChI is InChI=1S/C5H10O2.C4H8Cl.Zn/c1-5(2,3)4(6)7;1-2-3-4-5;/h1-3H3,(H,6,7);1-4H2;/q;-1;. The zero-order chi connectivity index (χ0) is 10.2. The van der Waals surface area contributed by atoms with Gasteiger partial charge in [0.2, 0.25) is 0 Å². The van der Waals surface area contributed by atoms with Gasteiger partial charge < -0.3 is 12.0 Å². The van der Waals surface area contributed by atoms with Gasteiger partial charge in [-0.05, 0) is 20.8 Å². The molecule has 0 saturated carbocycles. The maximum Gasteiger partial charge on any atom is 0.308 e. The number of unbranched alkanes of at least 4 members (excludes halogenated alkanes) is 1. The monoisotopic (exact) mass is 257 g/mol. The number of carboxylic acids is 1. The van der Waals surface area contributed by atoms with Crippen molar-refractivity contribution in [1.29, 1.82) is 0 Å². The van der Waals surface area contributed by atoms with Crippen molar-refractivity contribution in [2.45, 2.75) is 33.6 Å². The molecule has 2 nitrogen and oxygen atoms in total. The summed E-state index contributed by atoms with van der Waals surface area (Å²) in [7, 11) is 0. The summed E-state index contributed by atoms with van der Waals surface area (Å²) in [6, 6.07) is 0. The summed E-state index contributed by atoms with van der Waals surface area (Å²) in [5, 5.41) is 8.25. The summed E-state index contributed by atoms with van der Waals surface area (Å²) >= 11 is 5.26. The van der Waals surface area contributed by atoms with Gasteiger partial charge in [-0.25, -0.2) is 0 Å². The van der Waals surface area contributed by atoms with Crippen molar-refractivity contribution >= 4 is 17.6 Å². The smallest absolute Gasteiger partial charge is 0.308 e. The zero-order valence-corrected chi connectivity index (χ0v) is 12.5. The maximum atomic E-state index is 10.0. The molecular formula is C9H18ClO2Zn-. The minimum Gasteiger partial charge on any atom is -0.481 e. The van der Waals surface area contributed by atoms with Gasteiger partial charge in [0.15, 0.2) is 0 Å². The summed E-state index contributed by atoms with van der Waals surface area (Å²) in [6.45, 7) is 8.58. The average molecular weight is 259 g/mol. The topological polar surface area (TPSA) is 37.3 Å². The van der Waals surface area contributed by atoms with Crippen molar-refractivity contribution < 1.29 is 29.4 Å². The van der Waals surface area contributed by atoms with E-state index in [1.165, 1.54) is 0 Å². The first-order chi connectivity index (χ1) is 5.36. The van der Waals surface area contributed by atoms with Crippen LogP contribution in [0.2, 0.25) is 0 Å². The molecule has 0 aliphatic heterocycles. The Balaban J connectivity index is -0.000000150. The van der Waals surface area contributed by atoms with Crippen molar-refractivity contribution in [2.24, 2.45) is 5.41 Å². The molecule has 1 N–H and O–H groups in total. The number of hydrogen-bond donors (Lipinski definition) is 1. The largest absolute Gasteiger partial charge is 0.481 e. The van der Waals surface area contributed by atoms with E-state index in [0.29, 0.717) is 0 Å². The molecule has 0 aromatic rings.